The van der Waals surface area contributed by atoms with Crippen LogP contribution in [0.1, 0.15) is 73.5 Å². The van der Waals surface area contributed by atoms with Crippen LogP contribution >= 0.6 is 0 Å². The molecule has 4 aliphatic carbocycles. The van der Waals surface area contributed by atoms with Gasteiger partial charge in [0.1, 0.15) is 11.4 Å². The van der Waals surface area contributed by atoms with Crippen LogP contribution in [0.2, 0.25) is 0 Å². The lowest BCUT2D eigenvalue weighted by Gasteiger charge is -2.67. The molecule has 7 rings (SSSR count). The molecule has 0 spiro atoms. The van der Waals surface area contributed by atoms with E-state index in [0.29, 0.717) is 29.9 Å². The van der Waals surface area contributed by atoms with Gasteiger partial charge in [0, 0.05) is 43.7 Å². The summed E-state index contributed by atoms with van der Waals surface area (Å²) in [7, 11) is 1.96. The summed E-state index contributed by atoms with van der Waals surface area (Å²) in [6.07, 6.45) is 9.44. The average molecular weight is 502 g/mol. The summed E-state index contributed by atoms with van der Waals surface area (Å²) in [5.74, 6) is 1.57. The molecule has 5 unspecified atom stereocenters. The number of carbonyl (C=O) groups excluding carboxylic acids is 1. The molecule has 2 heterocycles. The lowest BCUT2D eigenvalue weighted by molar-refractivity contribution is -0.104. The molecular formula is C31H39N3O3. The Bertz CT molecular complexity index is 1320. The molecule has 6 heteroatoms. The fourth-order valence-corrected chi connectivity index (χ4v) is 9.59. The molecule has 37 heavy (non-hydrogen) atoms. The first kappa shape index (κ1) is 23.5. The van der Waals surface area contributed by atoms with Gasteiger partial charge in [0.15, 0.2) is 0 Å². The van der Waals surface area contributed by atoms with Crippen molar-refractivity contribution >= 4 is 5.91 Å². The van der Waals surface area contributed by atoms with Crippen LogP contribution in [0.25, 0.3) is 0 Å². The molecular weight excluding hydrogens is 462 g/mol. The number of phenols is 1. The van der Waals surface area contributed by atoms with Crippen molar-refractivity contribution in [3.63, 3.8) is 0 Å². The molecule has 5 atom stereocenters. The van der Waals surface area contributed by atoms with Gasteiger partial charge in [-0.15, -0.1) is 0 Å². The van der Waals surface area contributed by atoms with E-state index in [-0.39, 0.29) is 28.3 Å². The summed E-state index contributed by atoms with van der Waals surface area (Å²) in [5, 5.41) is 10.6. The largest absolute Gasteiger partial charge is 0.508 e. The molecule has 6 nitrogen and oxygen atoms in total. The first-order valence-electron chi connectivity index (χ1n) is 14.4. The summed E-state index contributed by atoms with van der Waals surface area (Å²) in [4.78, 5) is 31.2. The van der Waals surface area contributed by atoms with Crippen molar-refractivity contribution in [2.75, 3.05) is 20.1 Å². The molecule has 1 N–H and O–H groups in total. The molecule has 2 aromatic rings. The smallest absolute Gasteiger partial charge is 0.270 e. The molecule has 1 saturated heterocycles. The molecule has 1 aromatic heterocycles. The van der Waals surface area contributed by atoms with Crippen LogP contribution in [0.5, 0.6) is 5.75 Å². The number of piperidine rings is 1. The SMILES string of the molecule is CCn1c(C(=O)N(C)C2CCC34CCC2C32CCN(CC3CC3)C4Cc3ccc(O)cc32)cccc1=O. The highest BCUT2D eigenvalue weighted by atomic mass is 16.3. The van der Waals surface area contributed by atoms with E-state index < -0.39 is 0 Å². The number of aromatic nitrogens is 1. The number of hydrogen-bond donors (Lipinski definition) is 1. The van der Waals surface area contributed by atoms with E-state index >= 15 is 0 Å². The fraction of sp³-hybridized carbons (Fsp3) is 0.613. The first-order valence-corrected chi connectivity index (χ1v) is 14.4. The maximum absolute atomic E-state index is 13.9. The number of phenolic OH excluding ortho intramolecular Hbond substituents is 1. The second kappa shape index (κ2) is 8.20. The lowest BCUT2D eigenvalue weighted by Crippen LogP contribution is -2.70. The zero-order chi connectivity index (χ0) is 25.5. The Kier molecular flexibility index (Phi) is 5.21. The number of benzene rings is 1. The first-order chi connectivity index (χ1) is 17.9. The highest BCUT2D eigenvalue weighted by Crippen LogP contribution is 2.72. The van der Waals surface area contributed by atoms with E-state index in [9.17, 15) is 14.7 Å². The monoisotopic (exact) mass is 501 g/mol. The van der Waals surface area contributed by atoms with Gasteiger partial charge in [-0.1, -0.05) is 12.1 Å². The summed E-state index contributed by atoms with van der Waals surface area (Å²) < 4.78 is 1.60. The third kappa shape index (κ3) is 3.14. The Morgan fingerprint density at radius 3 is 2.70 bits per heavy atom. The van der Waals surface area contributed by atoms with Crippen molar-refractivity contribution in [3.8, 4) is 5.75 Å². The Balaban J connectivity index is 1.30. The van der Waals surface area contributed by atoms with E-state index in [0.717, 1.165) is 44.6 Å². The van der Waals surface area contributed by atoms with Crippen LogP contribution in [0.4, 0.5) is 0 Å². The minimum absolute atomic E-state index is 0.00259. The van der Waals surface area contributed by atoms with Crippen molar-refractivity contribution in [1.29, 1.82) is 0 Å². The second-order valence-corrected chi connectivity index (χ2v) is 12.5. The molecule has 196 valence electrons. The summed E-state index contributed by atoms with van der Waals surface area (Å²) in [6.45, 7) is 4.77. The van der Waals surface area contributed by atoms with E-state index in [2.05, 4.69) is 17.0 Å². The number of carbonyl (C=O) groups is 1. The lowest BCUT2D eigenvalue weighted by atomic mass is 9.43. The van der Waals surface area contributed by atoms with Gasteiger partial charge in [-0.25, -0.2) is 0 Å². The number of likely N-dealkylation sites (tertiary alicyclic amines) is 1. The van der Waals surface area contributed by atoms with Crippen molar-refractivity contribution in [1.82, 2.24) is 14.4 Å². The van der Waals surface area contributed by atoms with Gasteiger partial charge in [-0.3, -0.25) is 14.5 Å². The number of nitrogens with zero attached hydrogens (tertiary/aromatic N) is 3. The fourth-order valence-electron chi connectivity index (χ4n) is 9.59. The molecule has 4 bridgehead atoms. The Hall–Kier alpha value is -2.60. The van der Waals surface area contributed by atoms with E-state index in [1.807, 2.05) is 24.9 Å². The Morgan fingerprint density at radius 2 is 1.92 bits per heavy atom. The number of rotatable bonds is 5. The van der Waals surface area contributed by atoms with E-state index in [4.69, 9.17) is 0 Å². The topological polar surface area (TPSA) is 65.8 Å². The van der Waals surface area contributed by atoms with E-state index in [1.54, 1.807) is 16.7 Å². The minimum atomic E-state index is -0.119. The molecule has 1 amide bonds. The number of hydrogen-bond acceptors (Lipinski definition) is 4. The number of pyridine rings is 1. The van der Waals surface area contributed by atoms with Gasteiger partial charge in [0.05, 0.1) is 0 Å². The predicted molar refractivity (Wildman–Crippen MR) is 143 cm³/mol. The molecule has 1 aliphatic heterocycles. The van der Waals surface area contributed by atoms with Crippen LogP contribution in [0.3, 0.4) is 0 Å². The minimum Gasteiger partial charge on any atom is -0.508 e. The van der Waals surface area contributed by atoms with E-state index in [1.165, 1.54) is 43.0 Å². The zero-order valence-corrected chi connectivity index (χ0v) is 22.2. The summed E-state index contributed by atoms with van der Waals surface area (Å²) in [6, 6.07) is 11.8. The van der Waals surface area contributed by atoms with Gasteiger partial charge in [-0.2, -0.15) is 0 Å². The predicted octanol–water partition coefficient (Wildman–Crippen LogP) is 4.18. The maximum atomic E-state index is 13.9. The van der Waals surface area contributed by atoms with Gasteiger partial charge >= 0.3 is 0 Å². The van der Waals surface area contributed by atoms with Gasteiger partial charge in [0.2, 0.25) is 0 Å². The van der Waals surface area contributed by atoms with Crippen LogP contribution < -0.4 is 5.56 Å². The molecule has 0 radical (unpaired) electrons. The second-order valence-electron chi connectivity index (χ2n) is 12.5. The molecule has 5 aliphatic rings. The Morgan fingerprint density at radius 1 is 1.11 bits per heavy atom. The molecule has 4 fully saturated rings. The van der Waals surface area contributed by atoms with Gasteiger partial charge < -0.3 is 14.6 Å². The zero-order valence-electron chi connectivity index (χ0n) is 22.2. The van der Waals surface area contributed by atoms with Crippen molar-refractivity contribution < 1.29 is 9.90 Å². The van der Waals surface area contributed by atoms with Crippen LogP contribution in [-0.4, -0.2) is 57.6 Å². The number of aromatic hydroxyl groups is 1. The summed E-state index contributed by atoms with van der Waals surface area (Å²) in [5.41, 5.74) is 3.37. The third-order valence-corrected chi connectivity index (χ3v) is 11.2. The van der Waals surface area contributed by atoms with Crippen LogP contribution in [0.15, 0.2) is 41.2 Å². The highest BCUT2D eigenvalue weighted by molar-refractivity contribution is 5.92. The molecule has 3 saturated carbocycles. The van der Waals surface area contributed by atoms with Gasteiger partial charge in [-0.05, 0) is 111 Å². The van der Waals surface area contributed by atoms with Crippen molar-refractivity contribution in [2.24, 2.45) is 17.3 Å². The van der Waals surface area contributed by atoms with Crippen molar-refractivity contribution in [2.45, 2.75) is 82.3 Å². The van der Waals surface area contributed by atoms with Gasteiger partial charge in [0.25, 0.3) is 11.5 Å². The van der Waals surface area contributed by atoms with Crippen LogP contribution in [0, 0.1) is 17.3 Å². The quantitative estimate of drug-likeness (QED) is 0.668. The Labute approximate surface area is 219 Å². The summed E-state index contributed by atoms with van der Waals surface area (Å²) >= 11 is 0. The van der Waals surface area contributed by atoms with Crippen molar-refractivity contribution in [3.05, 3.63) is 63.6 Å². The van der Waals surface area contributed by atoms with Crippen LogP contribution in [-0.2, 0) is 18.4 Å². The number of amides is 1. The normalized spacial score (nSPS) is 34.1. The average Bonchev–Trinajstić information content (AvgIpc) is 3.68. The molecule has 1 aromatic carbocycles. The highest BCUT2D eigenvalue weighted by Gasteiger charge is 2.71. The third-order valence-electron chi connectivity index (χ3n) is 11.2. The maximum Gasteiger partial charge on any atom is 0.270 e. The standard InChI is InChI=1S/C31H39N3O3/c1-3-34-26(5-4-6-28(34)36)29(37)32(2)25-12-14-30-13-11-23(25)31(30)15-16-33(19-20-7-8-20)27(30)17-21-9-10-22(35)18-24(21)31/h4-6,9-10,18,20,23,25,27,35H,3,7-8,11-17,19H2,1-2H3. The number of fused-ring (bicyclic) bond motifs is 1.